The number of nitrogens with one attached hydrogen (secondary N) is 1. The van der Waals surface area contributed by atoms with Crippen molar-refractivity contribution in [2.45, 2.75) is 19.8 Å². The van der Waals surface area contributed by atoms with Gasteiger partial charge >= 0.3 is 0 Å². The van der Waals surface area contributed by atoms with Gasteiger partial charge < -0.3 is 9.67 Å². The number of aromatic nitrogens is 3. The number of benzene rings is 1. The number of hydrogen-bond acceptors (Lipinski definition) is 3. The predicted octanol–water partition coefficient (Wildman–Crippen LogP) is 2.30. The molecule has 2 N–H and O–H groups in total. The van der Waals surface area contributed by atoms with Gasteiger partial charge in [-0.15, -0.1) is 0 Å². The maximum atomic E-state index is 12.6. The molecule has 0 fully saturated rings. The van der Waals surface area contributed by atoms with E-state index in [4.69, 9.17) is 16.7 Å². The number of aliphatic hydroxyl groups excluding tert-OH is 1. The summed E-state index contributed by atoms with van der Waals surface area (Å²) in [6.45, 7) is 1.94. The van der Waals surface area contributed by atoms with E-state index in [-0.39, 0.29) is 12.2 Å². The van der Waals surface area contributed by atoms with E-state index in [1.807, 2.05) is 19.1 Å². The number of aliphatic hydroxyl groups is 1. The molecule has 0 saturated heterocycles. The molecule has 6 heteroatoms. The highest BCUT2D eigenvalue weighted by Crippen LogP contribution is 2.29. The fourth-order valence-corrected chi connectivity index (χ4v) is 3.09. The van der Waals surface area contributed by atoms with Gasteiger partial charge in [-0.1, -0.05) is 11.6 Å². The van der Waals surface area contributed by atoms with Crippen LogP contribution in [0, 0.1) is 6.92 Å². The molecule has 5 nitrogen and oxygen atoms in total. The van der Waals surface area contributed by atoms with Crippen LogP contribution in [0.1, 0.15) is 17.7 Å². The Bertz CT molecular complexity index is 895. The van der Waals surface area contributed by atoms with Gasteiger partial charge in [0.25, 0.3) is 5.56 Å². The second kappa shape index (κ2) is 5.16. The number of aromatic amines is 1. The Labute approximate surface area is 126 Å². The third-order valence-electron chi connectivity index (χ3n) is 3.81. The van der Waals surface area contributed by atoms with Crippen LogP contribution in [0.3, 0.4) is 0 Å². The first-order valence-electron chi connectivity index (χ1n) is 6.81. The van der Waals surface area contributed by atoms with Crippen LogP contribution in [-0.4, -0.2) is 26.5 Å². The molecule has 110 valence electrons. The summed E-state index contributed by atoms with van der Waals surface area (Å²) in [5.41, 5.74) is 3.12. The van der Waals surface area contributed by atoms with E-state index in [1.165, 1.54) is 0 Å². The van der Waals surface area contributed by atoms with Crippen LogP contribution in [0.4, 0.5) is 0 Å². The largest absolute Gasteiger partial charge is 0.396 e. The zero-order valence-corrected chi connectivity index (χ0v) is 12.7. The van der Waals surface area contributed by atoms with E-state index in [1.54, 1.807) is 11.6 Å². The van der Waals surface area contributed by atoms with Gasteiger partial charge in [-0.2, -0.15) is 5.10 Å². The van der Waals surface area contributed by atoms with Crippen molar-refractivity contribution in [3.05, 3.63) is 38.8 Å². The molecule has 2 heterocycles. The third kappa shape index (κ3) is 2.13. The summed E-state index contributed by atoms with van der Waals surface area (Å²) in [7, 11) is 1.76. The topological polar surface area (TPSA) is 70.9 Å². The van der Waals surface area contributed by atoms with E-state index < -0.39 is 0 Å². The number of fused-ring (bicyclic) bond motifs is 3. The first-order valence-corrected chi connectivity index (χ1v) is 7.19. The molecule has 3 rings (SSSR count). The number of H-pyrrole nitrogens is 1. The highest BCUT2D eigenvalue weighted by atomic mass is 35.5. The molecule has 0 bridgehead atoms. The zero-order chi connectivity index (χ0) is 15.1. The van der Waals surface area contributed by atoms with E-state index >= 15 is 0 Å². The van der Waals surface area contributed by atoms with Crippen LogP contribution in [0.5, 0.6) is 0 Å². The molecule has 0 saturated carbocycles. The zero-order valence-electron chi connectivity index (χ0n) is 11.9. The van der Waals surface area contributed by atoms with Crippen molar-refractivity contribution in [1.82, 2.24) is 14.8 Å². The van der Waals surface area contributed by atoms with Crippen LogP contribution in [0.25, 0.3) is 21.8 Å². The average Bonchev–Trinajstić information content (AvgIpc) is 2.84. The van der Waals surface area contributed by atoms with Crippen molar-refractivity contribution >= 4 is 33.4 Å². The Hall–Kier alpha value is -1.85. The van der Waals surface area contributed by atoms with Gasteiger partial charge in [0.15, 0.2) is 0 Å². The molecule has 0 unspecified atom stereocenters. The maximum Gasteiger partial charge on any atom is 0.262 e. The first-order chi connectivity index (χ1) is 10.0. The molecule has 0 aliphatic rings. The molecule has 2 aromatic heterocycles. The Kier molecular flexibility index (Phi) is 3.47. The predicted molar refractivity (Wildman–Crippen MR) is 84.0 cm³/mol. The van der Waals surface area contributed by atoms with Crippen LogP contribution >= 0.6 is 11.6 Å². The van der Waals surface area contributed by atoms with Gasteiger partial charge in [0, 0.05) is 29.8 Å². The Balaban J connectivity index is 2.49. The summed E-state index contributed by atoms with van der Waals surface area (Å²) < 4.78 is 1.64. The summed E-state index contributed by atoms with van der Waals surface area (Å²) in [4.78, 5) is 12.6. The Morgan fingerprint density at radius 1 is 1.43 bits per heavy atom. The molecule has 0 aliphatic heterocycles. The quantitative estimate of drug-likeness (QED) is 0.780. The molecule has 0 radical (unpaired) electrons. The van der Waals surface area contributed by atoms with Crippen LogP contribution in [-0.2, 0) is 13.5 Å². The van der Waals surface area contributed by atoms with E-state index in [0.717, 1.165) is 22.2 Å². The summed E-state index contributed by atoms with van der Waals surface area (Å²) in [5, 5.41) is 18.2. The van der Waals surface area contributed by atoms with Crippen LogP contribution in [0.2, 0.25) is 5.02 Å². The van der Waals surface area contributed by atoms with E-state index in [2.05, 4.69) is 10.2 Å². The molecule has 21 heavy (non-hydrogen) atoms. The Morgan fingerprint density at radius 2 is 2.19 bits per heavy atom. The average molecular weight is 306 g/mol. The minimum absolute atomic E-state index is 0.0729. The number of nitrogens with zero attached hydrogens (tertiary/aromatic N) is 2. The molecule has 3 aromatic rings. The number of halogens is 1. The standard InChI is InChI=1S/C15H16ClN3O2/c1-8-12-13(18-17-8)11-7-10(16)6-9(4-3-5-20)14(11)19(2)15(12)21/h6-7,20H,3-5H2,1-2H3,(H,17,18). The van der Waals surface area contributed by atoms with Crippen LogP contribution in [0.15, 0.2) is 16.9 Å². The second-order valence-electron chi connectivity index (χ2n) is 5.22. The van der Waals surface area contributed by atoms with Gasteiger partial charge in [0.05, 0.1) is 10.9 Å². The summed E-state index contributed by atoms with van der Waals surface area (Å²) in [6.07, 6.45) is 1.29. The highest BCUT2D eigenvalue weighted by Gasteiger charge is 2.16. The fourth-order valence-electron chi connectivity index (χ4n) is 2.85. The first kappa shape index (κ1) is 14.1. The lowest BCUT2D eigenvalue weighted by Gasteiger charge is -2.12. The van der Waals surface area contributed by atoms with Crippen molar-refractivity contribution in [3.8, 4) is 0 Å². The lowest BCUT2D eigenvalue weighted by molar-refractivity contribution is 0.288. The molecule has 0 atom stereocenters. The fraction of sp³-hybridized carbons (Fsp3) is 0.333. The van der Waals surface area contributed by atoms with E-state index in [0.29, 0.717) is 28.8 Å². The molecular formula is C15H16ClN3O2. The SMILES string of the molecule is Cc1[nH]nc2c1c(=O)n(C)c1c(CCCO)cc(Cl)cc21. The normalized spacial score (nSPS) is 11.6. The second-order valence-corrected chi connectivity index (χ2v) is 5.66. The van der Waals surface area contributed by atoms with Crippen molar-refractivity contribution in [1.29, 1.82) is 0 Å². The number of rotatable bonds is 3. The number of pyridine rings is 1. The van der Waals surface area contributed by atoms with Crippen molar-refractivity contribution < 1.29 is 5.11 Å². The van der Waals surface area contributed by atoms with E-state index in [9.17, 15) is 4.79 Å². The smallest absolute Gasteiger partial charge is 0.262 e. The van der Waals surface area contributed by atoms with Crippen molar-refractivity contribution in [3.63, 3.8) is 0 Å². The van der Waals surface area contributed by atoms with Gasteiger partial charge in [-0.05, 0) is 37.5 Å². The minimum Gasteiger partial charge on any atom is -0.396 e. The molecular weight excluding hydrogens is 290 g/mol. The molecule has 1 aromatic carbocycles. The van der Waals surface area contributed by atoms with Gasteiger partial charge in [-0.25, -0.2) is 0 Å². The molecule has 0 spiro atoms. The third-order valence-corrected chi connectivity index (χ3v) is 4.03. The monoisotopic (exact) mass is 305 g/mol. The minimum atomic E-state index is -0.0729. The Morgan fingerprint density at radius 3 is 2.90 bits per heavy atom. The van der Waals surface area contributed by atoms with Gasteiger partial charge in [0.1, 0.15) is 5.52 Å². The molecule has 0 amide bonds. The lowest BCUT2D eigenvalue weighted by Crippen LogP contribution is -2.18. The maximum absolute atomic E-state index is 12.6. The number of hydrogen-bond donors (Lipinski definition) is 2. The summed E-state index contributed by atoms with van der Waals surface area (Å²) >= 11 is 6.21. The van der Waals surface area contributed by atoms with Gasteiger partial charge in [-0.3, -0.25) is 9.89 Å². The summed E-state index contributed by atoms with van der Waals surface area (Å²) in [5.74, 6) is 0. The number of aryl methyl sites for hydroxylation is 3. The summed E-state index contributed by atoms with van der Waals surface area (Å²) in [6, 6.07) is 3.69. The highest BCUT2D eigenvalue weighted by molar-refractivity contribution is 6.31. The van der Waals surface area contributed by atoms with Crippen molar-refractivity contribution in [2.24, 2.45) is 7.05 Å². The van der Waals surface area contributed by atoms with Crippen LogP contribution < -0.4 is 5.56 Å². The van der Waals surface area contributed by atoms with Gasteiger partial charge in [0.2, 0.25) is 0 Å². The van der Waals surface area contributed by atoms with Crippen molar-refractivity contribution in [2.75, 3.05) is 6.61 Å². The molecule has 0 aliphatic carbocycles. The lowest BCUT2D eigenvalue weighted by atomic mass is 10.0.